The zero-order valence-corrected chi connectivity index (χ0v) is 8.26. The molecule has 1 unspecified atom stereocenters. The van der Waals surface area contributed by atoms with Gasteiger partial charge in [-0.15, -0.1) is 0 Å². The van der Waals surface area contributed by atoms with Gasteiger partial charge in [0.25, 0.3) is 0 Å². The normalized spacial score (nSPS) is 13.5. The van der Waals surface area contributed by atoms with Crippen LogP contribution in [-0.2, 0) is 25.1 Å². The number of ether oxygens (including phenoxy) is 1. The third-order valence-electron chi connectivity index (χ3n) is 1.02. The van der Waals surface area contributed by atoms with E-state index in [0.29, 0.717) is 0 Å². The second-order valence-electron chi connectivity index (χ2n) is 2.86. The summed E-state index contributed by atoms with van der Waals surface area (Å²) in [6.45, 7) is 6.01. The van der Waals surface area contributed by atoms with Crippen LogP contribution in [0.4, 0.5) is 0 Å². The van der Waals surface area contributed by atoms with E-state index in [0.717, 1.165) is 6.08 Å². The second kappa shape index (κ2) is 5.11. The number of esters is 1. The monoisotopic (exact) mass is 207 g/mol. The van der Waals surface area contributed by atoms with Gasteiger partial charge in [0, 0.05) is 6.08 Å². The molecule has 0 radical (unpaired) electrons. The highest BCUT2D eigenvalue weighted by molar-refractivity contribution is 7.74. The van der Waals surface area contributed by atoms with Crippen molar-refractivity contribution in [1.82, 2.24) is 0 Å². The van der Waals surface area contributed by atoms with E-state index >= 15 is 0 Å². The summed E-state index contributed by atoms with van der Waals surface area (Å²) in [5.74, 6) is -0.617. The largest absolute Gasteiger partial charge is 0.750 e. The fourth-order valence-electron chi connectivity index (χ4n) is 0.512. The fourth-order valence-corrected chi connectivity index (χ4v) is 0.929. The van der Waals surface area contributed by atoms with Crippen molar-refractivity contribution in [3.63, 3.8) is 0 Å². The van der Waals surface area contributed by atoms with Gasteiger partial charge in [-0.25, -0.2) is 9.00 Å². The highest BCUT2D eigenvalue weighted by Crippen LogP contribution is 2.10. The molecule has 0 saturated carbocycles. The number of carbonyl (C=O) groups excluding carboxylic acids is 1. The molecule has 0 aliphatic rings. The topological polar surface area (TPSA) is 75.7 Å². The molecule has 0 saturated heterocycles. The standard InChI is InChI=1S/C7H12O5S/c1-4-6(8)11-5-7(2,3)12-13(9)10/h4H,1,5H2,2-3H3,(H,9,10)/p-1. The van der Waals surface area contributed by atoms with E-state index in [1.54, 1.807) is 0 Å². The lowest BCUT2D eigenvalue weighted by molar-refractivity contribution is -0.142. The van der Waals surface area contributed by atoms with Crippen LogP contribution in [0.15, 0.2) is 12.7 Å². The highest BCUT2D eigenvalue weighted by atomic mass is 32.2. The van der Waals surface area contributed by atoms with E-state index < -0.39 is 22.9 Å². The smallest absolute Gasteiger partial charge is 0.330 e. The molecule has 1 atom stereocenters. The predicted molar refractivity (Wildman–Crippen MR) is 45.2 cm³/mol. The zero-order valence-electron chi connectivity index (χ0n) is 7.44. The molecular formula is C7H11O5S-. The first-order valence-electron chi connectivity index (χ1n) is 3.45. The molecule has 0 aromatic heterocycles. The molecule has 0 aliphatic heterocycles. The zero-order chi connectivity index (χ0) is 10.5. The molecule has 0 amide bonds. The van der Waals surface area contributed by atoms with Crippen molar-refractivity contribution >= 4 is 17.3 Å². The minimum atomic E-state index is -2.62. The Labute approximate surface area is 79.2 Å². The minimum Gasteiger partial charge on any atom is -0.750 e. The van der Waals surface area contributed by atoms with Gasteiger partial charge in [-0.2, -0.15) is 0 Å². The van der Waals surface area contributed by atoms with Gasteiger partial charge in [0.2, 0.25) is 0 Å². The molecule has 0 bridgehead atoms. The maximum Gasteiger partial charge on any atom is 0.330 e. The summed E-state index contributed by atoms with van der Waals surface area (Å²) in [6.07, 6.45) is 0.990. The number of hydrogen-bond donors (Lipinski definition) is 0. The maximum atomic E-state index is 10.6. The number of hydrogen-bond acceptors (Lipinski definition) is 5. The lowest BCUT2D eigenvalue weighted by Crippen LogP contribution is -2.32. The van der Waals surface area contributed by atoms with Gasteiger partial charge in [0.05, 0.1) is 11.4 Å². The van der Waals surface area contributed by atoms with E-state index in [4.69, 9.17) is 0 Å². The molecule has 0 rings (SSSR count). The Morgan fingerprint density at radius 2 is 2.23 bits per heavy atom. The molecule has 0 fully saturated rings. The van der Waals surface area contributed by atoms with Crippen LogP contribution in [0.5, 0.6) is 0 Å². The summed E-state index contributed by atoms with van der Waals surface area (Å²) in [5, 5.41) is 0. The molecule has 0 aromatic rings. The molecule has 0 spiro atoms. The third-order valence-corrected chi connectivity index (χ3v) is 1.61. The average Bonchev–Trinajstić information content (AvgIpc) is 1.98. The van der Waals surface area contributed by atoms with Crippen LogP contribution in [-0.4, -0.2) is 26.9 Å². The van der Waals surface area contributed by atoms with Gasteiger partial charge in [-0.3, -0.25) is 4.18 Å². The first-order chi connectivity index (χ1) is 5.87. The van der Waals surface area contributed by atoms with E-state index in [9.17, 15) is 13.6 Å². The average molecular weight is 207 g/mol. The minimum absolute atomic E-state index is 0.147. The first-order valence-corrected chi connectivity index (χ1v) is 4.45. The van der Waals surface area contributed by atoms with Crippen LogP contribution in [0.2, 0.25) is 0 Å². The van der Waals surface area contributed by atoms with E-state index in [2.05, 4.69) is 15.5 Å². The molecule has 76 valence electrons. The summed E-state index contributed by atoms with van der Waals surface area (Å²) in [4.78, 5) is 10.6. The number of rotatable bonds is 5. The molecular weight excluding hydrogens is 196 g/mol. The number of carbonyl (C=O) groups is 1. The summed E-state index contributed by atoms with van der Waals surface area (Å²) >= 11 is -2.62. The Kier molecular flexibility index (Phi) is 4.82. The highest BCUT2D eigenvalue weighted by Gasteiger charge is 2.21. The summed E-state index contributed by atoms with van der Waals surface area (Å²) < 4.78 is 29.3. The summed E-state index contributed by atoms with van der Waals surface area (Å²) in [6, 6.07) is 0. The van der Waals surface area contributed by atoms with Crippen LogP contribution >= 0.6 is 0 Å². The molecule has 6 heteroatoms. The van der Waals surface area contributed by atoms with Crippen LogP contribution < -0.4 is 0 Å². The van der Waals surface area contributed by atoms with Gasteiger partial charge >= 0.3 is 5.97 Å². The van der Waals surface area contributed by atoms with Crippen molar-refractivity contribution in [2.75, 3.05) is 6.61 Å². The van der Waals surface area contributed by atoms with Crippen LogP contribution in [0, 0.1) is 0 Å². The van der Waals surface area contributed by atoms with Crippen molar-refractivity contribution in [3.05, 3.63) is 12.7 Å². The van der Waals surface area contributed by atoms with Crippen LogP contribution in [0.1, 0.15) is 13.8 Å². The van der Waals surface area contributed by atoms with Crippen LogP contribution in [0.25, 0.3) is 0 Å². The van der Waals surface area contributed by atoms with Crippen molar-refractivity contribution < 1.29 is 22.5 Å². The van der Waals surface area contributed by atoms with Crippen molar-refractivity contribution in [3.8, 4) is 0 Å². The molecule has 5 nitrogen and oxygen atoms in total. The Morgan fingerprint density at radius 3 is 2.62 bits per heavy atom. The van der Waals surface area contributed by atoms with E-state index in [-0.39, 0.29) is 6.61 Å². The molecule has 13 heavy (non-hydrogen) atoms. The quantitative estimate of drug-likeness (QED) is 0.368. The molecule has 0 N–H and O–H groups in total. The lowest BCUT2D eigenvalue weighted by Gasteiger charge is -2.24. The van der Waals surface area contributed by atoms with Gasteiger partial charge in [0.15, 0.2) is 0 Å². The van der Waals surface area contributed by atoms with E-state index in [1.807, 2.05) is 0 Å². The van der Waals surface area contributed by atoms with Crippen molar-refractivity contribution in [2.45, 2.75) is 19.4 Å². The van der Waals surface area contributed by atoms with E-state index in [1.165, 1.54) is 13.8 Å². The maximum absolute atomic E-state index is 10.6. The Morgan fingerprint density at radius 1 is 1.69 bits per heavy atom. The predicted octanol–water partition coefficient (Wildman–Crippen LogP) is 0.305. The van der Waals surface area contributed by atoms with Crippen LogP contribution in [0.3, 0.4) is 0 Å². The molecule has 0 heterocycles. The van der Waals surface area contributed by atoms with Gasteiger partial charge in [-0.1, -0.05) is 6.58 Å². The van der Waals surface area contributed by atoms with Crippen molar-refractivity contribution in [2.24, 2.45) is 0 Å². The molecule has 0 aromatic carbocycles. The second-order valence-corrected chi connectivity index (χ2v) is 3.43. The third kappa shape index (κ3) is 6.44. The fraction of sp³-hybridized carbons (Fsp3) is 0.571. The Balaban J connectivity index is 3.95. The van der Waals surface area contributed by atoms with Gasteiger partial charge < -0.3 is 9.29 Å². The van der Waals surface area contributed by atoms with Crippen molar-refractivity contribution in [1.29, 1.82) is 0 Å². The van der Waals surface area contributed by atoms with Gasteiger partial charge in [-0.05, 0) is 13.8 Å². The van der Waals surface area contributed by atoms with Gasteiger partial charge in [0.1, 0.15) is 12.2 Å². The summed E-state index contributed by atoms with van der Waals surface area (Å²) in [7, 11) is 0. The lowest BCUT2D eigenvalue weighted by atomic mass is 10.2. The molecule has 0 aliphatic carbocycles. The SMILES string of the molecule is C=CC(=O)OCC(C)(C)OS(=O)[O-]. The first kappa shape index (κ1) is 12.3. The Hall–Kier alpha value is -0.720. The summed E-state index contributed by atoms with van der Waals surface area (Å²) in [5.41, 5.74) is -1.05. The Bertz CT molecular complexity index is 223.